The number of Topliss-reactive ketones (excluding diaryl/α,β-unsaturated/α-hetero) is 1. The maximum atomic E-state index is 12.0. The van der Waals surface area contributed by atoms with Crippen LogP contribution in [0, 0.1) is 0 Å². The Labute approximate surface area is 98.6 Å². The molecule has 0 aliphatic heterocycles. The van der Waals surface area contributed by atoms with Gasteiger partial charge in [-0.15, -0.1) is 0 Å². The Bertz CT molecular complexity index is 210. The zero-order valence-corrected chi connectivity index (χ0v) is 10.9. The quantitative estimate of drug-likeness (QED) is 0.540. The number of unbranched alkanes of at least 4 members (excludes halogenated alkanes) is 1. The first-order valence-corrected chi connectivity index (χ1v) is 6.01. The van der Waals surface area contributed by atoms with Crippen LogP contribution in [0.2, 0.25) is 0 Å². The molecule has 0 fully saturated rings. The van der Waals surface area contributed by atoms with Gasteiger partial charge in [0.1, 0.15) is 5.60 Å². The number of aliphatic hydroxyl groups is 1. The van der Waals surface area contributed by atoms with Crippen molar-refractivity contribution < 1.29 is 9.90 Å². The van der Waals surface area contributed by atoms with Gasteiger partial charge in [-0.3, -0.25) is 4.79 Å². The fourth-order valence-electron chi connectivity index (χ4n) is 1.61. The molecule has 0 rings (SSSR count). The van der Waals surface area contributed by atoms with Crippen molar-refractivity contribution in [3.8, 4) is 0 Å². The molecule has 0 radical (unpaired) electrons. The largest absolute Gasteiger partial charge is 0.383 e. The molecule has 4 N–H and O–H groups in total. The third-order valence-corrected chi connectivity index (χ3v) is 2.40. The Kier molecular flexibility index (Phi) is 6.79. The van der Waals surface area contributed by atoms with Crippen LogP contribution >= 0.6 is 0 Å². The summed E-state index contributed by atoms with van der Waals surface area (Å²) in [7, 11) is 0. The van der Waals surface area contributed by atoms with Crippen molar-refractivity contribution in [3.63, 3.8) is 0 Å². The Morgan fingerprint density at radius 2 is 1.94 bits per heavy atom. The molecular weight excluding hydrogens is 204 g/mol. The summed E-state index contributed by atoms with van der Waals surface area (Å²) >= 11 is 0. The minimum Gasteiger partial charge on any atom is -0.383 e. The summed E-state index contributed by atoms with van der Waals surface area (Å²) in [5.74, 6) is -0.141. The predicted octanol–water partition coefficient (Wildman–Crippen LogP) is 0.822. The third kappa shape index (κ3) is 6.20. The van der Waals surface area contributed by atoms with Crippen molar-refractivity contribution in [2.24, 2.45) is 5.73 Å². The number of nitrogens with two attached hydrogens (primary N) is 1. The standard InChI is InChI=1S/C12H26N2O2/c1-9(2)14-10(7-5-6-8-13)11(15)12(3,4)16/h9-10,14,16H,5-8,13H2,1-4H3. The van der Waals surface area contributed by atoms with E-state index < -0.39 is 5.60 Å². The number of carbonyl (C=O) groups is 1. The zero-order valence-electron chi connectivity index (χ0n) is 10.9. The topological polar surface area (TPSA) is 75.3 Å². The van der Waals surface area contributed by atoms with Crippen LogP contribution in [0.15, 0.2) is 0 Å². The van der Waals surface area contributed by atoms with E-state index in [2.05, 4.69) is 5.32 Å². The molecule has 0 bridgehead atoms. The number of rotatable bonds is 8. The SMILES string of the molecule is CC(C)NC(CCCCN)C(=O)C(C)(C)O. The van der Waals surface area contributed by atoms with Crippen molar-refractivity contribution in [3.05, 3.63) is 0 Å². The van der Waals surface area contributed by atoms with Crippen LogP contribution in [-0.2, 0) is 4.79 Å². The summed E-state index contributed by atoms with van der Waals surface area (Å²) < 4.78 is 0. The second-order valence-electron chi connectivity index (χ2n) is 5.08. The number of nitrogens with one attached hydrogen (secondary N) is 1. The molecule has 0 aromatic carbocycles. The average Bonchev–Trinajstić information content (AvgIpc) is 2.13. The van der Waals surface area contributed by atoms with Gasteiger partial charge in [-0.2, -0.15) is 0 Å². The van der Waals surface area contributed by atoms with Gasteiger partial charge in [-0.25, -0.2) is 0 Å². The molecule has 0 aromatic rings. The molecule has 0 aliphatic rings. The van der Waals surface area contributed by atoms with Crippen LogP contribution < -0.4 is 11.1 Å². The van der Waals surface area contributed by atoms with Crippen LogP contribution in [0.5, 0.6) is 0 Å². The van der Waals surface area contributed by atoms with E-state index in [1.54, 1.807) is 0 Å². The Hall–Kier alpha value is -0.450. The first kappa shape index (κ1) is 15.6. The molecule has 4 heteroatoms. The van der Waals surface area contributed by atoms with Gasteiger partial charge in [-0.1, -0.05) is 20.3 Å². The molecule has 0 aromatic heterocycles. The fraction of sp³-hybridized carbons (Fsp3) is 0.917. The monoisotopic (exact) mass is 230 g/mol. The lowest BCUT2D eigenvalue weighted by molar-refractivity contribution is -0.136. The summed E-state index contributed by atoms with van der Waals surface area (Å²) in [5, 5.41) is 12.9. The summed E-state index contributed by atoms with van der Waals surface area (Å²) in [6.07, 6.45) is 2.55. The number of hydrogen-bond donors (Lipinski definition) is 3. The van der Waals surface area contributed by atoms with E-state index >= 15 is 0 Å². The van der Waals surface area contributed by atoms with E-state index in [0.717, 1.165) is 19.3 Å². The van der Waals surface area contributed by atoms with Crippen molar-refractivity contribution in [1.29, 1.82) is 0 Å². The van der Waals surface area contributed by atoms with Crippen LogP contribution in [0.4, 0.5) is 0 Å². The van der Waals surface area contributed by atoms with Gasteiger partial charge in [0.25, 0.3) is 0 Å². The first-order chi connectivity index (χ1) is 7.29. The van der Waals surface area contributed by atoms with Crippen LogP contribution in [0.25, 0.3) is 0 Å². The van der Waals surface area contributed by atoms with E-state index in [0.29, 0.717) is 6.54 Å². The minimum atomic E-state index is -1.27. The van der Waals surface area contributed by atoms with E-state index in [1.165, 1.54) is 13.8 Å². The van der Waals surface area contributed by atoms with Gasteiger partial charge < -0.3 is 16.2 Å². The lowest BCUT2D eigenvalue weighted by Crippen LogP contribution is -2.49. The van der Waals surface area contributed by atoms with Crippen molar-refractivity contribution >= 4 is 5.78 Å². The molecule has 4 nitrogen and oxygen atoms in total. The molecule has 1 unspecified atom stereocenters. The molecule has 0 spiro atoms. The van der Waals surface area contributed by atoms with Crippen LogP contribution in [0.3, 0.4) is 0 Å². The van der Waals surface area contributed by atoms with Crippen LogP contribution in [0.1, 0.15) is 47.0 Å². The number of hydrogen-bond acceptors (Lipinski definition) is 4. The summed E-state index contributed by atoms with van der Waals surface area (Å²) in [6, 6.07) is -0.0410. The van der Waals surface area contributed by atoms with Crippen LogP contribution in [-0.4, -0.2) is 35.1 Å². The Morgan fingerprint density at radius 3 is 2.31 bits per heavy atom. The fourth-order valence-corrected chi connectivity index (χ4v) is 1.61. The van der Waals surface area contributed by atoms with E-state index in [9.17, 15) is 9.90 Å². The second-order valence-corrected chi connectivity index (χ2v) is 5.08. The smallest absolute Gasteiger partial charge is 0.180 e. The summed E-state index contributed by atoms with van der Waals surface area (Å²) in [4.78, 5) is 12.0. The van der Waals surface area contributed by atoms with Gasteiger partial charge in [-0.05, 0) is 33.2 Å². The van der Waals surface area contributed by atoms with E-state index in [4.69, 9.17) is 5.73 Å². The maximum absolute atomic E-state index is 12.0. The molecule has 0 saturated carbocycles. The van der Waals surface area contributed by atoms with Gasteiger partial charge in [0.15, 0.2) is 5.78 Å². The van der Waals surface area contributed by atoms with Gasteiger partial charge >= 0.3 is 0 Å². The zero-order chi connectivity index (χ0) is 12.8. The normalized spacial score (nSPS) is 14.2. The maximum Gasteiger partial charge on any atom is 0.180 e. The highest BCUT2D eigenvalue weighted by molar-refractivity contribution is 5.91. The molecule has 16 heavy (non-hydrogen) atoms. The number of ketones is 1. The molecule has 0 amide bonds. The molecule has 0 heterocycles. The van der Waals surface area contributed by atoms with E-state index in [1.807, 2.05) is 13.8 Å². The van der Waals surface area contributed by atoms with Gasteiger partial charge in [0.2, 0.25) is 0 Å². The molecular formula is C12H26N2O2. The predicted molar refractivity (Wildman–Crippen MR) is 66.3 cm³/mol. The minimum absolute atomic E-state index is 0.141. The molecule has 0 saturated heterocycles. The molecule has 1 atom stereocenters. The highest BCUT2D eigenvalue weighted by Crippen LogP contribution is 2.12. The van der Waals surface area contributed by atoms with Gasteiger partial charge in [0, 0.05) is 6.04 Å². The average molecular weight is 230 g/mol. The van der Waals surface area contributed by atoms with Crippen molar-refractivity contribution in [2.45, 2.75) is 64.6 Å². The summed E-state index contributed by atoms with van der Waals surface area (Å²) in [5.41, 5.74) is 4.15. The Morgan fingerprint density at radius 1 is 1.38 bits per heavy atom. The van der Waals surface area contributed by atoms with Crippen molar-refractivity contribution in [2.75, 3.05) is 6.54 Å². The molecule has 96 valence electrons. The lowest BCUT2D eigenvalue weighted by Gasteiger charge is -2.26. The Balaban J connectivity index is 4.36. The first-order valence-electron chi connectivity index (χ1n) is 6.01. The summed E-state index contributed by atoms with van der Waals surface area (Å²) in [6.45, 7) is 7.70. The highest BCUT2D eigenvalue weighted by Gasteiger charge is 2.31. The highest BCUT2D eigenvalue weighted by atomic mass is 16.3. The third-order valence-electron chi connectivity index (χ3n) is 2.40. The lowest BCUT2D eigenvalue weighted by atomic mass is 9.93. The van der Waals surface area contributed by atoms with E-state index in [-0.39, 0.29) is 17.9 Å². The van der Waals surface area contributed by atoms with Gasteiger partial charge in [0.05, 0.1) is 6.04 Å². The van der Waals surface area contributed by atoms with Crippen molar-refractivity contribution in [1.82, 2.24) is 5.32 Å². The number of carbonyl (C=O) groups excluding carboxylic acids is 1. The second kappa shape index (κ2) is 6.99. The molecule has 0 aliphatic carbocycles.